The van der Waals surface area contributed by atoms with Gasteiger partial charge in [-0.25, -0.2) is 0 Å². The van der Waals surface area contributed by atoms with Crippen molar-refractivity contribution in [1.29, 1.82) is 0 Å². The molecule has 0 spiro atoms. The van der Waals surface area contributed by atoms with Crippen molar-refractivity contribution in [3.63, 3.8) is 0 Å². The quantitative estimate of drug-likeness (QED) is 0.938. The molecule has 0 saturated heterocycles. The third-order valence-corrected chi connectivity index (χ3v) is 4.30. The minimum absolute atomic E-state index is 0.116. The Labute approximate surface area is 140 Å². The summed E-state index contributed by atoms with van der Waals surface area (Å²) in [5.74, 6) is -1.52. The highest BCUT2D eigenvalue weighted by Gasteiger charge is 2.32. The maximum Gasteiger partial charge on any atom is 0.311 e. The van der Waals surface area contributed by atoms with E-state index in [-0.39, 0.29) is 5.91 Å². The smallest absolute Gasteiger partial charge is 0.311 e. The second kappa shape index (κ2) is 6.84. The molecule has 5 nitrogen and oxygen atoms in total. The minimum atomic E-state index is -0.849. The number of carbonyl (C=O) groups excluding carboxylic acids is 1. The van der Waals surface area contributed by atoms with Crippen LogP contribution in [0.2, 0.25) is 0 Å². The molecule has 0 aliphatic carbocycles. The van der Waals surface area contributed by atoms with Gasteiger partial charge in [-0.15, -0.1) is 0 Å². The number of anilines is 1. The van der Waals surface area contributed by atoms with Crippen LogP contribution in [0, 0.1) is 0 Å². The van der Waals surface area contributed by atoms with Crippen LogP contribution >= 0.6 is 0 Å². The maximum atomic E-state index is 12.9. The average Bonchev–Trinajstić information content (AvgIpc) is 2.61. The number of aliphatic carboxylic acids is 1. The van der Waals surface area contributed by atoms with Crippen LogP contribution in [0.25, 0.3) is 0 Å². The fourth-order valence-electron chi connectivity index (χ4n) is 3.10. The molecule has 24 heavy (non-hydrogen) atoms. The first-order chi connectivity index (χ1) is 11.6. The Balaban J connectivity index is 1.90. The highest BCUT2D eigenvalue weighted by Crippen LogP contribution is 2.36. The van der Waals surface area contributed by atoms with E-state index in [4.69, 9.17) is 4.74 Å². The van der Waals surface area contributed by atoms with Gasteiger partial charge in [0.15, 0.2) is 0 Å². The molecule has 3 rings (SSSR count). The summed E-state index contributed by atoms with van der Waals surface area (Å²) >= 11 is 0. The average molecular weight is 325 g/mol. The Bertz CT molecular complexity index is 754. The number of rotatable bonds is 4. The van der Waals surface area contributed by atoms with Gasteiger partial charge >= 0.3 is 5.97 Å². The molecule has 0 saturated carbocycles. The van der Waals surface area contributed by atoms with E-state index in [0.29, 0.717) is 36.4 Å². The lowest BCUT2D eigenvalue weighted by atomic mass is 9.89. The summed E-state index contributed by atoms with van der Waals surface area (Å²) in [4.78, 5) is 26.0. The van der Waals surface area contributed by atoms with Crippen molar-refractivity contribution in [2.75, 3.05) is 18.6 Å². The van der Waals surface area contributed by atoms with Crippen molar-refractivity contribution in [3.05, 3.63) is 65.2 Å². The molecule has 2 aromatic rings. The summed E-state index contributed by atoms with van der Waals surface area (Å²) in [6.07, 6.45) is 0.417. The van der Waals surface area contributed by atoms with Gasteiger partial charge in [0.05, 0.1) is 12.5 Å². The van der Waals surface area contributed by atoms with Gasteiger partial charge in [0.25, 0.3) is 5.91 Å². The Morgan fingerprint density at radius 1 is 1.17 bits per heavy atom. The number of benzene rings is 2. The largest absolute Gasteiger partial charge is 0.481 e. The van der Waals surface area contributed by atoms with Gasteiger partial charge in [-0.1, -0.05) is 30.3 Å². The van der Waals surface area contributed by atoms with Crippen molar-refractivity contribution in [2.24, 2.45) is 0 Å². The Kier molecular flexibility index (Phi) is 4.62. The molecule has 0 radical (unpaired) electrons. The van der Waals surface area contributed by atoms with E-state index in [2.05, 4.69) is 0 Å². The molecule has 1 aliphatic heterocycles. The highest BCUT2D eigenvalue weighted by molar-refractivity contribution is 6.07. The second-order valence-corrected chi connectivity index (χ2v) is 5.83. The SMILES string of the molecule is COCc1ccc(C(=O)N2CCC(C(=O)O)c3ccccc32)cc1. The summed E-state index contributed by atoms with van der Waals surface area (Å²) in [7, 11) is 1.63. The van der Waals surface area contributed by atoms with E-state index >= 15 is 0 Å². The predicted octanol–water partition coefficient (Wildman–Crippen LogP) is 3.05. The molecule has 2 aromatic carbocycles. The summed E-state index contributed by atoms with van der Waals surface area (Å²) in [5.41, 5.74) is 2.96. The van der Waals surface area contributed by atoms with Crippen LogP contribution in [-0.4, -0.2) is 30.6 Å². The van der Waals surface area contributed by atoms with Crippen molar-refractivity contribution < 1.29 is 19.4 Å². The predicted molar refractivity (Wildman–Crippen MR) is 90.3 cm³/mol. The van der Waals surface area contributed by atoms with Gasteiger partial charge in [-0.05, 0) is 35.7 Å². The van der Waals surface area contributed by atoms with Crippen LogP contribution in [-0.2, 0) is 16.1 Å². The number of methoxy groups -OCH3 is 1. The van der Waals surface area contributed by atoms with Crippen LogP contribution in [0.3, 0.4) is 0 Å². The summed E-state index contributed by atoms with van der Waals surface area (Å²) < 4.78 is 5.07. The molecular formula is C19H19NO4. The number of amides is 1. The number of para-hydroxylation sites is 1. The fourth-order valence-corrected chi connectivity index (χ4v) is 3.10. The first kappa shape index (κ1) is 16.2. The van der Waals surface area contributed by atoms with Crippen molar-refractivity contribution in [3.8, 4) is 0 Å². The van der Waals surface area contributed by atoms with Crippen molar-refractivity contribution in [2.45, 2.75) is 18.9 Å². The third kappa shape index (κ3) is 3.03. The molecule has 0 aromatic heterocycles. The van der Waals surface area contributed by atoms with E-state index in [9.17, 15) is 14.7 Å². The van der Waals surface area contributed by atoms with E-state index in [1.54, 1.807) is 30.2 Å². The van der Waals surface area contributed by atoms with Crippen LogP contribution in [0.5, 0.6) is 0 Å². The topological polar surface area (TPSA) is 66.8 Å². The number of carboxylic acid groups (broad SMARTS) is 1. The number of fused-ring (bicyclic) bond motifs is 1. The van der Waals surface area contributed by atoms with Crippen molar-refractivity contribution in [1.82, 2.24) is 0 Å². The number of ether oxygens (including phenoxy) is 1. The van der Waals surface area contributed by atoms with Crippen molar-refractivity contribution >= 4 is 17.6 Å². The highest BCUT2D eigenvalue weighted by atomic mass is 16.5. The number of nitrogens with zero attached hydrogens (tertiary/aromatic N) is 1. The zero-order valence-electron chi connectivity index (χ0n) is 13.4. The summed E-state index contributed by atoms with van der Waals surface area (Å²) in [5, 5.41) is 9.39. The second-order valence-electron chi connectivity index (χ2n) is 5.83. The first-order valence-electron chi connectivity index (χ1n) is 7.83. The van der Waals surface area contributed by atoms with Gasteiger partial charge in [0, 0.05) is 24.9 Å². The normalized spacial score (nSPS) is 16.5. The molecule has 1 aliphatic rings. The Hall–Kier alpha value is -2.66. The molecular weight excluding hydrogens is 306 g/mol. The molecule has 1 N–H and O–H groups in total. The van der Waals surface area contributed by atoms with E-state index in [1.165, 1.54) is 0 Å². The van der Waals surface area contributed by atoms with E-state index < -0.39 is 11.9 Å². The van der Waals surface area contributed by atoms with E-state index in [1.807, 2.05) is 30.3 Å². The molecule has 124 valence electrons. The Morgan fingerprint density at radius 3 is 2.54 bits per heavy atom. The molecule has 1 atom stereocenters. The fraction of sp³-hybridized carbons (Fsp3) is 0.263. The summed E-state index contributed by atoms with van der Waals surface area (Å²) in [6, 6.07) is 14.5. The van der Waals surface area contributed by atoms with Gasteiger partial charge < -0.3 is 14.7 Å². The lowest BCUT2D eigenvalue weighted by molar-refractivity contribution is -0.139. The zero-order chi connectivity index (χ0) is 17.1. The number of carbonyl (C=O) groups is 2. The molecule has 1 unspecified atom stereocenters. The molecule has 5 heteroatoms. The zero-order valence-corrected chi connectivity index (χ0v) is 13.4. The van der Waals surface area contributed by atoms with Crippen LogP contribution in [0.4, 0.5) is 5.69 Å². The molecule has 1 amide bonds. The van der Waals surface area contributed by atoms with Gasteiger partial charge in [-0.2, -0.15) is 0 Å². The van der Waals surface area contributed by atoms with Crippen LogP contribution < -0.4 is 4.90 Å². The summed E-state index contributed by atoms with van der Waals surface area (Å²) in [6.45, 7) is 0.897. The van der Waals surface area contributed by atoms with Gasteiger partial charge in [-0.3, -0.25) is 9.59 Å². The van der Waals surface area contributed by atoms with E-state index in [0.717, 1.165) is 5.56 Å². The number of carboxylic acids is 1. The van der Waals surface area contributed by atoms with Gasteiger partial charge in [0.1, 0.15) is 0 Å². The van der Waals surface area contributed by atoms with Crippen LogP contribution in [0.1, 0.15) is 33.8 Å². The Morgan fingerprint density at radius 2 is 1.88 bits per heavy atom. The number of hydrogen-bond acceptors (Lipinski definition) is 3. The first-order valence-corrected chi connectivity index (χ1v) is 7.83. The molecule has 0 bridgehead atoms. The molecule has 0 fully saturated rings. The van der Waals surface area contributed by atoms with Gasteiger partial charge in [0.2, 0.25) is 0 Å². The lowest BCUT2D eigenvalue weighted by Gasteiger charge is -2.32. The lowest BCUT2D eigenvalue weighted by Crippen LogP contribution is -2.38. The third-order valence-electron chi connectivity index (χ3n) is 4.30. The number of hydrogen-bond donors (Lipinski definition) is 1. The standard InChI is InChI=1S/C19H19NO4/c1-24-12-13-6-8-14(9-7-13)18(21)20-11-10-16(19(22)23)15-4-2-3-5-17(15)20/h2-9,16H,10-12H2,1H3,(H,22,23). The molecule has 1 heterocycles. The van der Waals surface area contributed by atoms with Crippen LogP contribution in [0.15, 0.2) is 48.5 Å². The monoisotopic (exact) mass is 325 g/mol. The maximum absolute atomic E-state index is 12.9. The minimum Gasteiger partial charge on any atom is -0.481 e.